The van der Waals surface area contributed by atoms with Crippen LogP contribution in [0.1, 0.15) is 27.7 Å². The first-order valence-corrected chi connectivity index (χ1v) is 3.20. The van der Waals surface area contributed by atoms with E-state index in [1.165, 1.54) is 11.3 Å². The van der Waals surface area contributed by atoms with E-state index in [4.69, 9.17) is 0 Å². The van der Waals surface area contributed by atoms with Crippen molar-refractivity contribution < 1.29 is 0 Å². The molecule has 1 heterocycles. The summed E-state index contributed by atoms with van der Waals surface area (Å²) in [7, 11) is 0. The fraction of sp³-hybridized carbons (Fsp3) is 0.625. The van der Waals surface area contributed by atoms with Crippen LogP contribution in [0, 0.1) is 5.41 Å². The minimum Gasteiger partial charge on any atom is -0.390 e. The first-order chi connectivity index (χ1) is 4.02. The van der Waals surface area contributed by atoms with Crippen LogP contribution in [0.4, 0.5) is 0 Å². The van der Waals surface area contributed by atoms with Crippen molar-refractivity contribution in [3.8, 4) is 0 Å². The molecule has 0 aromatic heterocycles. The third-order valence-electron chi connectivity index (χ3n) is 1.40. The van der Waals surface area contributed by atoms with Gasteiger partial charge in [0.25, 0.3) is 0 Å². The van der Waals surface area contributed by atoms with E-state index >= 15 is 0 Å². The Morgan fingerprint density at radius 1 is 1.33 bits per heavy atom. The Morgan fingerprint density at radius 3 is 1.89 bits per heavy atom. The van der Waals surface area contributed by atoms with Gasteiger partial charge in [0.1, 0.15) is 0 Å². The van der Waals surface area contributed by atoms with Gasteiger partial charge in [-0.3, -0.25) is 0 Å². The zero-order valence-corrected chi connectivity index (χ0v) is 6.45. The van der Waals surface area contributed by atoms with Crippen molar-refractivity contribution in [3.05, 3.63) is 11.3 Å². The highest BCUT2D eigenvalue weighted by Gasteiger charge is 2.14. The van der Waals surface area contributed by atoms with Gasteiger partial charge in [-0.25, -0.2) is 0 Å². The Kier molecular flexibility index (Phi) is 1.23. The molecular weight excluding hydrogens is 110 g/mol. The Bertz CT molecular complexity index is 179. The monoisotopic (exact) mass is 122 g/mol. The highest BCUT2D eigenvalue weighted by molar-refractivity contribution is 5.86. The lowest BCUT2D eigenvalue weighted by Gasteiger charge is -2.32. The molecule has 0 unspecified atom stereocenters. The van der Waals surface area contributed by atoms with E-state index in [2.05, 4.69) is 32.0 Å². The van der Waals surface area contributed by atoms with E-state index in [0.717, 1.165) is 0 Å². The number of aliphatic imine (C=N–C) groups is 1. The molecule has 0 aromatic carbocycles. The lowest BCUT2D eigenvalue weighted by atomic mass is 9.87. The molecule has 0 radical (unpaired) electrons. The Morgan fingerprint density at radius 2 is 1.89 bits per heavy atom. The minimum atomic E-state index is 0.218. The van der Waals surface area contributed by atoms with Crippen molar-refractivity contribution in [2.75, 3.05) is 0 Å². The molecule has 0 N–H and O–H groups in total. The van der Waals surface area contributed by atoms with E-state index in [1.54, 1.807) is 0 Å². The van der Waals surface area contributed by atoms with E-state index in [-0.39, 0.29) is 5.41 Å². The smallest absolute Gasteiger partial charge is 0.0416 e. The maximum absolute atomic E-state index is 4.05. The highest BCUT2D eigenvalue weighted by atomic mass is 14.8. The molecular formula is C8H12N-. The van der Waals surface area contributed by atoms with Gasteiger partial charge >= 0.3 is 0 Å². The van der Waals surface area contributed by atoms with Crippen molar-refractivity contribution in [1.82, 2.24) is 0 Å². The molecule has 0 saturated heterocycles. The van der Waals surface area contributed by atoms with Crippen LogP contribution in [-0.2, 0) is 0 Å². The van der Waals surface area contributed by atoms with E-state index < -0.39 is 0 Å². The van der Waals surface area contributed by atoms with Crippen molar-refractivity contribution in [2.24, 2.45) is 10.4 Å². The largest absolute Gasteiger partial charge is 0.390 e. The maximum atomic E-state index is 4.05. The third-order valence-corrected chi connectivity index (χ3v) is 1.40. The number of allylic oxidation sites excluding steroid dienone is 2. The zero-order valence-electron chi connectivity index (χ0n) is 6.45. The van der Waals surface area contributed by atoms with Gasteiger partial charge in [0.05, 0.1) is 0 Å². The van der Waals surface area contributed by atoms with Crippen LogP contribution in [0.15, 0.2) is 16.3 Å². The molecule has 1 aliphatic heterocycles. The molecule has 0 spiro atoms. The van der Waals surface area contributed by atoms with Gasteiger partial charge in [-0.1, -0.05) is 39.6 Å². The Hall–Kier alpha value is -0.590. The normalized spacial score (nSPS) is 18.2. The summed E-state index contributed by atoms with van der Waals surface area (Å²) in [5, 5.41) is 0. The first kappa shape index (κ1) is 6.53. The minimum absolute atomic E-state index is 0.218. The molecule has 0 aromatic rings. The van der Waals surface area contributed by atoms with Gasteiger partial charge in [0, 0.05) is 0 Å². The molecule has 0 atom stereocenters. The van der Waals surface area contributed by atoms with Gasteiger partial charge in [0.2, 0.25) is 0 Å². The number of hydrogen-bond acceptors (Lipinski definition) is 1. The second-order valence-electron chi connectivity index (χ2n) is 3.45. The maximum Gasteiger partial charge on any atom is -0.0416 e. The van der Waals surface area contributed by atoms with Crippen molar-refractivity contribution >= 4 is 6.21 Å². The first-order valence-electron chi connectivity index (χ1n) is 3.20. The fourth-order valence-electron chi connectivity index (χ4n) is 0.954. The van der Waals surface area contributed by atoms with Crippen LogP contribution in [-0.4, -0.2) is 6.21 Å². The molecule has 0 amide bonds. The lowest BCUT2D eigenvalue weighted by molar-refractivity contribution is 0.491. The number of hydrogen-bond donors (Lipinski definition) is 0. The molecule has 0 aliphatic carbocycles. The predicted molar refractivity (Wildman–Crippen MR) is 39.6 cm³/mol. The van der Waals surface area contributed by atoms with Gasteiger partial charge < -0.3 is 4.99 Å². The van der Waals surface area contributed by atoms with Crippen LogP contribution in [0.3, 0.4) is 0 Å². The molecule has 9 heavy (non-hydrogen) atoms. The number of rotatable bonds is 0. The van der Waals surface area contributed by atoms with Gasteiger partial charge in [0.15, 0.2) is 0 Å². The third kappa shape index (κ3) is 1.04. The summed E-state index contributed by atoms with van der Waals surface area (Å²) in [6.07, 6.45) is 2.87. The van der Waals surface area contributed by atoms with E-state index in [0.29, 0.717) is 0 Å². The van der Waals surface area contributed by atoms with Crippen LogP contribution in [0.2, 0.25) is 0 Å². The lowest BCUT2D eigenvalue weighted by Crippen LogP contribution is -2.15. The number of nitrogens with zero attached hydrogens (tertiary/aromatic N) is 1. The zero-order chi connectivity index (χ0) is 7.07. The van der Waals surface area contributed by atoms with Crippen LogP contribution in [0.5, 0.6) is 0 Å². The molecule has 0 bridgehead atoms. The fourth-order valence-corrected chi connectivity index (χ4v) is 0.954. The van der Waals surface area contributed by atoms with Crippen molar-refractivity contribution in [1.29, 1.82) is 0 Å². The van der Waals surface area contributed by atoms with Gasteiger partial charge in [-0.2, -0.15) is 0 Å². The van der Waals surface area contributed by atoms with E-state index in [1.807, 2.05) is 6.92 Å². The van der Waals surface area contributed by atoms with Crippen LogP contribution < -0.4 is 0 Å². The van der Waals surface area contributed by atoms with Gasteiger partial charge in [-0.05, 0) is 5.41 Å². The van der Waals surface area contributed by atoms with Gasteiger partial charge in [-0.15, -0.1) is 5.57 Å². The molecule has 1 aliphatic rings. The second kappa shape index (κ2) is 1.69. The summed E-state index contributed by atoms with van der Waals surface area (Å²) in [5.74, 6) is 0. The van der Waals surface area contributed by atoms with Crippen molar-refractivity contribution in [2.45, 2.75) is 27.7 Å². The molecule has 1 rings (SSSR count). The average molecular weight is 122 g/mol. The summed E-state index contributed by atoms with van der Waals surface area (Å²) in [5.41, 5.74) is 2.63. The molecule has 0 fully saturated rings. The summed E-state index contributed by atoms with van der Waals surface area (Å²) in [6, 6.07) is 0. The summed E-state index contributed by atoms with van der Waals surface area (Å²) >= 11 is 0. The summed E-state index contributed by atoms with van der Waals surface area (Å²) in [4.78, 5) is 4.05. The Labute approximate surface area is 56.5 Å². The van der Waals surface area contributed by atoms with Crippen molar-refractivity contribution in [3.63, 3.8) is 0 Å². The summed E-state index contributed by atoms with van der Waals surface area (Å²) < 4.78 is 0. The highest BCUT2D eigenvalue weighted by Crippen LogP contribution is 2.32. The quantitative estimate of drug-likeness (QED) is 0.437. The Balaban J connectivity index is 2.77. The second-order valence-corrected chi connectivity index (χ2v) is 3.45. The standard InChI is InChI=1S/C8H12N/c1-6-5-9-7(6)8(2,3)4/h1-4H3/q-1. The predicted octanol–water partition coefficient (Wildman–Crippen LogP) is 2.27. The molecule has 1 heteroatoms. The molecule has 0 saturated carbocycles. The van der Waals surface area contributed by atoms with E-state index in [9.17, 15) is 0 Å². The molecule has 1 nitrogen and oxygen atoms in total. The SMILES string of the molecule is CC1=C(C(C)(C)C)N=[C-]1. The van der Waals surface area contributed by atoms with Crippen LogP contribution in [0.25, 0.3) is 0 Å². The topological polar surface area (TPSA) is 12.4 Å². The average Bonchev–Trinajstić information content (AvgIpc) is 1.57. The van der Waals surface area contributed by atoms with Crippen LogP contribution >= 0.6 is 0 Å². The summed E-state index contributed by atoms with van der Waals surface area (Å²) in [6.45, 7) is 8.54. The molecule has 50 valence electrons.